The summed E-state index contributed by atoms with van der Waals surface area (Å²) in [5.74, 6) is 1.45. The Labute approximate surface area is 274 Å². The third-order valence-electron chi connectivity index (χ3n) is 7.41. The van der Waals surface area contributed by atoms with E-state index in [-0.39, 0.29) is 35.3 Å². The van der Waals surface area contributed by atoms with Gasteiger partial charge in [0.15, 0.2) is 23.9 Å². The molecule has 1 amide bonds. The molecule has 1 aliphatic rings. The number of para-hydroxylation sites is 1. The molecule has 3 rings (SSSR count). The first-order chi connectivity index (χ1) is 20.5. The predicted molar refractivity (Wildman–Crippen MR) is 186 cm³/mol. The Morgan fingerprint density at radius 3 is 2.07 bits per heavy atom. The molecule has 0 aromatic heterocycles. The molecule has 0 unspecified atom stereocenters. The van der Waals surface area contributed by atoms with Gasteiger partial charge in [-0.25, -0.2) is 0 Å². The van der Waals surface area contributed by atoms with Crippen molar-refractivity contribution in [2.24, 2.45) is 0 Å². The number of nitrogens with one attached hydrogen (secondary N) is 1. The van der Waals surface area contributed by atoms with E-state index in [0.29, 0.717) is 23.7 Å². The number of allylic oxidation sites excluding steroid dienone is 1. The van der Waals surface area contributed by atoms with Crippen molar-refractivity contribution in [1.82, 2.24) is 4.90 Å². The highest BCUT2D eigenvalue weighted by Crippen LogP contribution is 2.32. The molecule has 0 fully saturated rings. The van der Waals surface area contributed by atoms with Gasteiger partial charge in [-0.3, -0.25) is 9.59 Å². The monoisotopic (exact) mass is 674 g/mol. The predicted octanol–water partition coefficient (Wildman–Crippen LogP) is 9.93. The highest BCUT2D eigenvalue weighted by atomic mass is 79.9. The van der Waals surface area contributed by atoms with Crippen molar-refractivity contribution < 1.29 is 19.1 Å². The van der Waals surface area contributed by atoms with E-state index in [1.165, 1.54) is 81.6 Å². The van der Waals surface area contributed by atoms with Gasteiger partial charge in [-0.05, 0) is 55.0 Å². The Hall–Kier alpha value is -2.45. The second-order valence-electron chi connectivity index (χ2n) is 11.2. The Kier molecular flexibility index (Phi) is 18.2. The van der Waals surface area contributed by atoms with Crippen LogP contribution in [0.15, 0.2) is 53.6 Å². The Bertz CT molecular complexity index is 1140. The summed E-state index contributed by atoms with van der Waals surface area (Å²) in [6.45, 7) is 7.09. The highest BCUT2D eigenvalue weighted by Gasteiger charge is 2.16. The van der Waals surface area contributed by atoms with Crippen LogP contribution in [0.4, 0.5) is 5.69 Å². The quantitative estimate of drug-likeness (QED) is 0.105. The van der Waals surface area contributed by atoms with Gasteiger partial charge in [0, 0.05) is 18.4 Å². The fourth-order valence-corrected chi connectivity index (χ4v) is 5.81. The van der Waals surface area contributed by atoms with Crippen LogP contribution in [-0.4, -0.2) is 35.7 Å². The third kappa shape index (κ3) is 14.3. The fraction of sp³-hybridized carbons (Fsp3) is 0.543. The normalized spacial score (nSPS) is 12.4. The molecule has 0 radical (unpaired) electrons. The molecule has 238 valence electrons. The molecule has 0 saturated heterocycles. The molecule has 0 bridgehead atoms. The lowest BCUT2D eigenvalue weighted by Gasteiger charge is -2.16. The third-order valence-corrected chi connectivity index (χ3v) is 8.43. The first-order valence-electron chi connectivity index (χ1n) is 15.8. The van der Waals surface area contributed by atoms with E-state index in [2.05, 4.69) is 30.3 Å². The SMILES string of the molecule is Br.CCCCCCCCCCCCCCOc1c(OCC(=O)Nc2ccc(CN3C=C(C)SC3)cc2)cccc1C(C)=O. The molecule has 43 heavy (non-hydrogen) atoms. The summed E-state index contributed by atoms with van der Waals surface area (Å²) in [5.41, 5.74) is 2.38. The van der Waals surface area contributed by atoms with Crippen molar-refractivity contribution in [3.63, 3.8) is 0 Å². The van der Waals surface area contributed by atoms with E-state index >= 15 is 0 Å². The second kappa shape index (κ2) is 21.3. The van der Waals surface area contributed by atoms with Crippen LogP contribution in [0.2, 0.25) is 0 Å². The summed E-state index contributed by atoms with van der Waals surface area (Å²) >= 11 is 1.84. The van der Waals surface area contributed by atoms with E-state index in [1.807, 2.05) is 36.0 Å². The van der Waals surface area contributed by atoms with Crippen molar-refractivity contribution in [2.75, 3.05) is 24.4 Å². The standard InChI is InChI=1S/C35H50N2O4S.BrH/c1-4-5-6-7-8-9-10-11-12-13-14-15-23-40-35-32(29(3)38)17-16-18-33(35)41-26-34(39)36-31-21-19-30(20-22-31)25-37-24-28(2)42-27-37;/h16-22,24H,4-15,23,25-27H2,1-3H3,(H,36,39);1H. The molecule has 2 aromatic carbocycles. The van der Waals surface area contributed by atoms with Gasteiger partial charge >= 0.3 is 0 Å². The number of ether oxygens (including phenoxy) is 2. The van der Waals surface area contributed by atoms with Crippen LogP contribution in [0.1, 0.15) is 114 Å². The van der Waals surface area contributed by atoms with Crippen LogP contribution in [0.3, 0.4) is 0 Å². The highest BCUT2D eigenvalue weighted by molar-refractivity contribution is 8.93. The van der Waals surface area contributed by atoms with Gasteiger partial charge in [-0.15, -0.1) is 28.7 Å². The van der Waals surface area contributed by atoms with Crippen molar-refractivity contribution in [3.8, 4) is 11.5 Å². The number of rotatable bonds is 21. The zero-order valence-electron chi connectivity index (χ0n) is 26.3. The number of hydrogen-bond donors (Lipinski definition) is 1. The minimum atomic E-state index is -0.266. The molecule has 0 atom stereocenters. The number of halogens is 1. The lowest BCUT2D eigenvalue weighted by molar-refractivity contribution is -0.118. The average Bonchev–Trinajstić information content (AvgIpc) is 3.39. The minimum absolute atomic E-state index is 0. The number of nitrogens with zero attached hydrogens (tertiary/aromatic N) is 1. The number of amides is 1. The number of thioether (sulfide) groups is 1. The number of carbonyl (C=O) groups is 2. The maximum absolute atomic E-state index is 12.6. The number of unbranched alkanes of at least 4 members (excludes halogenated alkanes) is 11. The average molecular weight is 676 g/mol. The zero-order valence-corrected chi connectivity index (χ0v) is 28.9. The summed E-state index contributed by atoms with van der Waals surface area (Å²) in [6.07, 6.45) is 17.5. The number of Topliss-reactive ketones (excluding diaryl/α,β-unsaturated/α-hetero) is 1. The lowest BCUT2D eigenvalue weighted by Crippen LogP contribution is -2.20. The summed E-state index contributed by atoms with van der Waals surface area (Å²) in [5, 5.41) is 2.89. The summed E-state index contributed by atoms with van der Waals surface area (Å²) < 4.78 is 11.9. The summed E-state index contributed by atoms with van der Waals surface area (Å²) in [6, 6.07) is 13.1. The number of benzene rings is 2. The van der Waals surface area contributed by atoms with E-state index in [9.17, 15) is 9.59 Å². The van der Waals surface area contributed by atoms with Gasteiger partial charge in [-0.2, -0.15) is 0 Å². The molecular weight excluding hydrogens is 624 g/mol. The number of ketones is 1. The van der Waals surface area contributed by atoms with Gasteiger partial charge < -0.3 is 19.7 Å². The van der Waals surface area contributed by atoms with Crippen molar-refractivity contribution in [2.45, 2.75) is 104 Å². The molecular formula is C35H51BrN2O4S. The molecule has 1 aliphatic heterocycles. The van der Waals surface area contributed by atoms with Gasteiger partial charge in [-0.1, -0.05) is 95.8 Å². The molecule has 8 heteroatoms. The van der Waals surface area contributed by atoms with Crippen LogP contribution >= 0.6 is 28.7 Å². The fourth-order valence-electron chi connectivity index (χ4n) is 5.05. The first kappa shape index (κ1) is 36.7. The van der Waals surface area contributed by atoms with E-state index in [4.69, 9.17) is 9.47 Å². The Balaban J connectivity index is 0.00000645. The maximum atomic E-state index is 12.6. The second-order valence-corrected chi connectivity index (χ2v) is 12.4. The Morgan fingerprint density at radius 1 is 0.860 bits per heavy atom. The largest absolute Gasteiger partial charge is 0.489 e. The smallest absolute Gasteiger partial charge is 0.262 e. The van der Waals surface area contributed by atoms with Crippen molar-refractivity contribution in [3.05, 3.63) is 64.7 Å². The van der Waals surface area contributed by atoms with Crippen LogP contribution in [0.25, 0.3) is 0 Å². The summed E-state index contributed by atoms with van der Waals surface area (Å²) in [7, 11) is 0. The topological polar surface area (TPSA) is 67.9 Å². The molecule has 1 N–H and O–H groups in total. The molecule has 0 aliphatic carbocycles. The maximum Gasteiger partial charge on any atom is 0.262 e. The van der Waals surface area contributed by atoms with Gasteiger partial charge in [0.1, 0.15) is 0 Å². The van der Waals surface area contributed by atoms with Crippen molar-refractivity contribution in [1.29, 1.82) is 0 Å². The minimum Gasteiger partial charge on any atom is -0.489 e. The van der Waals surface area contributed by atoms with Crippen LogP contribution < -0.4 is 14.8 Å². The van der Waals surface area contributed by atoms with E-state index < -0.39 is 0 Å². The number of anilines is 1. The molecule has 0 spiro atoms. The van der Waals surface area contributed by atoms with Crippen LogP contribution in [0.5, 0.6) is 11.5 Å². The van der Waals surface area contributed by atoms with Gasteiger partial charge in [0.05, 0.1) is 18.0 Å². The molecule has 2 aromatic rings. The number of hydrogen-bond acceptors (Lipinski definition) is 6. The van der Waals surface area contributed by atoms with Gasteiger partial charge in [0.2, 0.25) is 0 Å². The molecule has 1 heterocycles. The van der Waals surface area contributed by atoms with E-state index in [1.54, 1.807) is 18.2 Å². The van der Waals surface area contributed by atoms with Gasteiger partial charge in [0.25, 0.3) is 5.91 Å². The van der Waals surface area contributed by atoms with Crippen LogP contribution in [0, 0.1) is 0 Å². The first-order valence-corrected chi connectivity index (χ1v) is 16.8. The molecule has 6 nitrogen and oxygen atoms in total. The van der Waals surface area contributed by atoms with Crippen LogP contribution in [-0.2, 0) is 11.3 Å². The number of carbonyl (C=O) groups excluding carboxylic acids is 2. The summed E-state index contributed by atoms with van der Waals surface area (Å²) in [4.78, 5) is 28.5. The van der Waals surface area contributed by atoms with E-state index in [0.717, 1.165) is 31.0 Å². The lowest BCUT2D eigenvalue weighted by atomic mass is 10.1. The Morgan fingerprint density at radius 2 is 1.49 bits per heavy atom. The molecule has 0 saturated carbocycles. The van der Waals surface area contributed by atoms with Crippen molar-refractivity contribution >= 4 is 46.1 Å². The zero-order chi connectivity index (χ0) is 30.0.